The highest BCUT2D eigenvalue weighted by atomic mass is 16.5. The number of hydrogen-bond donors (Lipinski definition) is 1. The molecule has 0 amide bonds. The van der Waals surface area contributed by atoms with Crippen molar-refractivity contribution < 1.29 is 9.84 Å². The predicted molar refractivity (Wildman–Crippen MR) is 99.9 cm³/mol. The Hall–Kier alpha value is -1.44. The minimum Gasteiger partial charge on any atom is -0.508 e. The van der Waals surface area contributed by atoms with E-state index in [2.05, 4.69) is 39.8 Å². The molecule has 1 aromatic rings. The van der Waals surface area contributed by atoms with Crippen LogP contribution in [0.15, 0.2) is 23.8 Å². The van der Waals surface area contributed by atoms with E-state index in [1.54, 1.807) is 0 Å². The van der Waals surface area contributed by atoms with Crippen LogP contribution >= 0.6 is 0 Å². The van der Waals surface area contributed by atoms with Crippen LogP contribution in [0.2, 0.25) is 0 Å². The number of unbranched alkanes of at least 4 members (excludes halogenated alkanes) is 4. The summed E-state index contributed by atoms with van der Waals surface area (Å²) in [5.74, 6) is 2.07. The number of aryl methyl sites for hydroxylation is 1. The van der Waals surface area contributed by atoms with Crippen molar-refractivity contribution in [2.24, 2.45) is 5.92 Å². The summed E-state index contributed by atoms with van der Waals surface area (Å²) in [7, 11) is 0. The summed E-state index contributed by atoms with van der Waals surface area (Å²) < 4.78 is 6.34. The molecule has 0 aromatic heterocycles. The van der Waals surface area contributed by atoms with Gasteiger partial charge in [0.1, 0.15) is 17.1 Å². The third-order valence-corrected chi connectivity index (χ3v) is 5.74. The standard InChI is InChI=1S/C22H32O2/c1-5-6-7-8-9-10-16-13-19(23)21-17-11-15(2)12-18(17)22(3,4)24-20(21)14-16/h12-14,17-18,23H,5-11H2,1-4H3/t17-,18-/m1/s1. The van der Waals surface area contributed by atoms with Gasteiger partial charge in [0.15, 0.2) is 0 Å². The fourth-order valence-electron chi connectivity index (χ4n) is 4.48. The molecule has 0 unspecified atom stereocenters. The third-order valence-electron chi connectivity index (χ3n) is 5.74. The van der Waals surface area contributed by atoms with Gasteiger partial charge in [-0.15, -0.1) is 0 Å². The highest BCUT2D eigenvalue weighted by molar-refractivity contribution is 5.53. The molecule has 0 saturated carbocycles. The summed E-state index contributed by atoms with van der Waals surface area (Å²) in [6, 6.07) is 4.16. The van der Waals surface area contributed by atoms with Gasteiger partial charge in [-0.25, -0.2) is 0 Å². The quantitative estimate of drug-likeness (QED) is 0.503. The molecule has 3 rings (SSSR count). The SMILES string of the molecule is CCCCCCCc1cc(O)c2c(c1)OC(C)(C)[C@@H]1C=C(C)C[C@@H]21. The van der Waals surface area contributed by atoms with Crippen LogP contribution in [0.1, 0.15) is 83.3 Å². The zero-order chi connectivity index (χ0) is 17.3. The van der Waals surface area contributed by atoms with E-state index in [0.29, 0.717) is 17.6 Å². The molecule has 24 heavy (non-hydrogen) atoms. The number of allylic oxidation sites excluding steroid dienone is 1. The molecule has 2 heteroatoms. The van der Waals surface area contributed by atoms with E-state index in [1.807, 2.05) is 6.07 Å². The summed E-state index contributed by atoms with van der Waals surface area (Å²) in [5.41, 5.74) is 3.44. The van der Waals surface area contributed by atoms with E-state index in [1.165, 1.54) is 43.2 Å². The first-order valence-electron chi connectivity index (χ1n) is 9.64. The van der Waals surface area contributed by atoms with Crippen molar-refractivity contribution in [2.45, 2.75) is 84.2 Å². The number of benzene rings is 1. The van der Waals surface area contributed by atoms with Gasteiger partial charge in [0.2, 0.25) is 0 Å². The smallest absolute Gasteiger partial charge is 0.127 e. The maximum absolute atomic E-state index is 10.7. The number of phenolic OH excluding ortho intramolecular Hbond substituents is 1. The van der Waals surface area contributed by atoms with Crippen LogP contribution in [0.5, 0.6) is 11.5 Å². The number of phenols is 1. The van der Waals surface area contributed by atoms with Crippen LogP contribution < -0.4 is 4.74 Å². The first kappa shape index (κ1) is 17.4. The zero-order valence-corrected chi connectivity index (χ0v) is 15.7. The van der Waals surface area contributed by atoms with E-state index in [-0.39, 0.29) is 5.60 Å². The molecule has 1 N–H and O–H groups in total. The lowest BCUT2D eigenvalue weighted by Crippen LogP contribution is -2.42. The average Bonchev–Trinajstić information content (AvgIpc) is 2.89. The molecule has 2 nitrogen and oxygen atoms in total. The lowest BCUT2D eigenvalue weighted by atomic mass is 9.75. The molecule has 1 aliphatic heterocycles. The summed E-state index contributed by atoms with van der Waals surface area (Å²) in [6.45, 7) is 8.79. The molecule has 0 saturated heterocycles. The van der Waals surface area contributed by atoms with E-state index in [4.69, 9.17) is 4.74 Å². The minimum absolute atomic E-state index is 0.207. The van der Waals surface area contributed by atoms with Crippen molar-refractivity contribution in [3.8, 4) is 11.5 Å². The molecule has 0 bridgehead atoms. The van der Waals surface area contributed by atoms with Crippen molar-refractivity contribution >= 4 is 0 Å². The van der Waals surface area contributed by atoms with E-state index >= 15 is 0 Å². The largest absolute Gasteiger partial charge is 0.508 e. The first-order chi connectivity index (χ1) is 11.4. The highest BCUT2D eigenvalue weighted by Crippen LogP contribution is 2.54. The van der Waals surface area contributed by atoms with Crippen molar-refractivity contribution in [3.63, 3.8) is 0 Å². The summed E-state index contributed by atoms with van der Waals surface area (Å²) in [4.78, 5) is 0. The molecule has 2 aliphatic rings. The molecular formula is C22H32O2. The molecule has 0 spiro atoms. The molecular weight excluding hydrogens is 296 g/mol. The second-order valence-corrected chi connectivity index (χ2v) is 8.25. The number of ether oxygens (including phenoxy) is 1. The summed E-state index contributed by atoms with van der Waals surface area (Å²) in [6.07, 6.45) is 10.8. The Morgan fingerprint density at radius 2 is 1.92 bits per heavy atom. The van der Waals surface area contributed by atoms with Crippen LogP contribution in [0.4, 0.5) is 0 Å². The maximum Gasteiger partial charge on any atom is 0.127 e. The number of hydrogen-bond acceptors (Lipinski definition) is 2. The van der Waals surface area contributed by atoms with E-state index < -0.39 is 0 Å². The van der Waals surface area contributed by atoms with Gasteiger partial charge in [-0.1, -0.05) is 44.3 Å². The summed E-state index contributed by atoms with van der Waals surface area (Å²) >= 11 is 0. The highest BCUT2D eigenvalue weighted by Gasteiger charge is 2.46. The zero-order valence-electron chi connectivity index (χ0n) is 15.7. The Bertz CT molecular complexity index is 627. The average molecular weight is 328 g/mol. The molecule has 0 radical (unpaired) electrons. The monoisotopic (exact) mass is 328 g/mol. The lowest BCUT2D eigenvalue weighted by molar-refractivity contribution is 0.0362. The molecule has 1 aromatic carbocycles. The predicted octanol–water partition coefficient (Wildman–Crippen LogP) is 6.13. The van der Waals surface area contributed by atoms with Crippen molar-refractivity contribution in [2.75, 3.05) is 0 Å². The fourth-order valence-corrected chi connectivity index (χ4v) is 4.48. The summed E-state index contributed by atoms with van der Waals surface area (Å²) in [5, 5.41) is 10.7. The van der Waals surface area contributed by atoms with Gasteiger partial charge in [-0.05, 0) is 57.7 Å². The van der Waals surface area contributed by atoms with Gasteiger partial charge in [0.25, 0.3) is 0 Å². The molecule has 1 aliphatic carbocycles. The lowest BCUT2D eigenvalue weighted by Gasteiger charge is -2.42. The van der Waals surface area contributed by atoms with E-state index in [9.17, 15) is 5.11 Å². The second-order valence-electron chi connectivity index (χ2n) is 8.25. The molecule has 1 heterocycles. The minimum atomic E-state index is -0.207. The van der Waals surface area contributed by atoms with Crippen LogP contribution in [0.25, 0.3) is 0 Å². The molecule has 2 atom stereocenters. The van der Waals surface area contributed by atoms with Crippen molar-refractivity contribution in [1.29, 1.82) is 0 Å². The van der Waals surface area contributed by atoms with Crippen molar-refractivity contribution in [3.05, 3.63) is 34.9 Å². The van der Waals surface area contributed by atoms with Gasteiger partial charge in [-0.3, -0.25) is 0 Å². The normalized spacial score (nSPS) is 24.1. The second kappa shape index (κ2) is 6.82. The van der Waals surface area contributed by atoms with Gasteiger partial charge in [-0.2, -0.15) is 0 Å². The van der Waals surface area contributed by atoms with Gasteiger partial charge < -0.3 is 9.84 Å². The van der Waals surface area contributed by atoms with Crippen LogP contribution in [0, 0.1) is 5.92 Å². The Balaban J connectivity index is 1.79. The Labute approximate surface area is 146 Å². The van der Waals surface area contributed by atoms with Gasteiger partial charge >= 0.3 is 0 Å². The number of fused-ring (bicyclic) bond motifs is 3. The first-order valence-corrected chi connectivity index (χ1v) is 9.64. The van der Waals surface area contributed by atoms with Gasteiger partial charge in [0, 0.05) is 17.4 Å². The van der Waals surface area contributed by atoms with Crippen LogP contribution in [-0.4, -0.2) is 10.7 Å². The fraction of sp³-hybridized carbons (Fsp3) is 0.636. The topological polar surface area (TPSA) is 29.5 Å². The number of aromatic hydroxyl groups is 1. The Morgan fingerprint density at radius 1 is 1.17 bits per heavy atom. The molecule has 0 fully saturated rings. The van der Waals surface area contributed by atoms with Gasteiger partial charge in [0.05, 0.1) is 0 Å². The van der Waals surface area contributed by atoms with Crippen LogP contribution in [0.3, 0.4) is 0 Å². The van der Waals surface area contributed by atoms with Crippen LogP contribution in [-0.2, 0) is 6.42 Å². The maximum atomic E-state index is 10.7. The molecule has 132 valence electrons. The number of rotatable bonds is 6. The Kier molecular flexibility index (Phi) is 4.94. The third kappa shape index (κ3) is 3.34. The van der Waals surface area contributed by atoms with Crippen molar-refractivity contribution in [1.82, 2.24) is 0 Å². The van der Waals surface area contributed by atoms with E-state index in [0.717, 1.165) is 24.2 Å². The Morgan fingerprint density at radius 3 is 2.67 bits per heavy atom.